The van der Waals surface area contributed by atoms with E-state index in [2.05, 4.69) is 158 Å². The molecule has 2 aliphatic rings. The minimum Gasteiger partial charge on any atom is -0.458 e. The van der Waals surface area contributed by atoms with E-state index in [1.807, 2.05) is 0 Å². The zero-order chi connectivity index (χ0) is 34.1. The lowest BCUT2D eigenvalue weighted by Gasteiger charge is -2.34. The van der Waals surface area contributed by atoms with Crippen molar-refractivity contribution in [3.63, 3.8) is 0 Å². The maximum absolute atomic E-state index is 6.76. The van der Waals surface area contributed by atoms with Crippen LogP contribution in [0.2, 0.25) is 0 Å². The lowest BCUT2D eigenvalue weighted by molar-refractivity contribution is 0.486. The minimum absolute atomic E-state index is 0.0221. The summed E-state index contributed by atoms with van der Waals surface area (Å²) < 4.78 is 9.28. The number of benzene rings is 6. The van der Waals surface area contributed by atoms with Crippen LogP contribution in [-0.2, 0) is 5.41 Å². The van der Waals surface area contributed by atoms with Crippen molar-refractivity contribution in [1.82, 2.24) is 4.57 Å². The Hall–Kier alpha value is -5.02. The molecule has 0 spiro atoms. The number of rotatable bonds is 2. The number of aryl methyl sites for hydroxylation is 6. The van der Waals surface area contributed by atoms with Gasteiger partial charge in [0.1, 0.15) is 11.5 Å². The van der Waals surface area contributed by atoms with Crippen molar-refractivity contribution < 1.29 is 4.74 Å². The molecule has 0 saturated heterocycles. The first-order chi connectivity index (χ1) is 23.4. The Labute approximate surface area is 290 Å². The third-order valence-corrected chi connectivity index (χ3v) is 11.1. The minimum atomic E-state index is 0.0221. The zero-order valence-corrected chi connectivity index (χ0v) is 30.1. The number of ether oxygens (including phenoxy) is 1. The van der Waals surface area contributed by atoms with E-state index in [9.17, 15) is 0 Å². The van der Waals surface area contributed by atoms with Gasteiger partial charge in [0.05, 0.1) is 5.52 Å². The van der Waals surface area contributed by atoms with E-state index in [0.29, 0.717) is 0 Å². The molecule has 6 aromatic carbocycles. The van der Waals surface area contributed by atoms with Crippen molar-refractivity contribution in [1.29, 1.82) is 0 Å². The van der Waals surface area contributed by atoms with Gasteiger partial charge in [-0.25, -0.2) is 0 Å². The molecule has 3 heterocycles. The highest BCUT2D eigenvalue weighted by atomic mass is 16.5. The van der Waals surface area contributed by atoms with E-state index < -0.39 is 0 Å². The molecule has 0 unspecified atom stereocenters. The Morgan fingerprint density at radius 1 is 0.571 bits per heavy atom. The Morgan fingerprint density at radius 3 is 1.86 bits per heavy atom. The Bertz CT molecular complexity index is 2530. The van der Waals surface area contributed by atoms with Crippen LogP contribution in [0.1, 0.15) is 59.7 Å². The summed E-state index contributed by atoms with van der Waals surface area (Å²) in [4.78, 5) is 0. The van der Waals surface area contributed by atoms with Crippen LogP contribution in [-0.4, -0.2) is 11.3 Å². The number of nitrogens with zero attached hydrogens (tertiary/aromatic N) is 1. The number of hydrogen-bond acceptors (Lipinski definition) is 1. The second-order valence-electron chi connectivity index (χ2n) is 15.8. The third-order valence-electron chi connectivity index (χ3n) is 11.1. The van der Waals surface area contributed by atoms with Gasteiger partial charge in [0.25, 0.3) is 6.71 Å². The van der Waals surface area contributed by atoms with Crippen molar-refractivity contribution in [2.75, 3.05) is 0 Å². The second-order valence-corrected chi connectivity index (χ2v) is 15.8. The first-order valence-electron chi connectivity index (χ1n) is 17.6. The maximum Gasteiger partial charge on any atom is 0.256 e. The van der Waals surface area contributed by atoms with Gasteiger partial charge in [-0.3, -0.25) is 0 Å². The quantitative estimate of drug-likeness (QED) is 0.173. The van der Waals surface area contributed by atoms with Crippen LogP contribution in [0.25, 0.3) is 49.7 Å². The van der Waals surface area contributed by atoms with E-state index in [1.165, 1.54) is 105 Å². The topological polar surface area (TPSA) is 14.2 Å². The molecule has 7 aromatic rings. The van der Waals surface area contributed by atoms with Crippen LogP contribution in [0.5, 0.6) is 11.5 Å². The molecule has 1 aromatic heterocycles. The van der Waals surface area contributed by atoms with Crippen LogP contribution >= 0.6 is 0 Å². The van der Waals surface area contributed by atoms with E-state index >= 15 is 0 Å². The molecule has 0 fully saturated rings. The molecule has 9 rings (SSSR count). The molecule has 0 N–H and O–H groups in total. The van der Waals surface area contributed by atoms with Gasteiger partial charge in [0, 0.05) is 22.0 Å². The molecular weight excluding hydrogens is 593 g/mol. The van der Waals surface area contributed by atoms with Crippen LogP contribution in [0.15, 0.2) is 91.0 Å². The first kappa shape index (κ1) is 30.1. The molecule has 0 aliphatic carbocycles. The Balaban J connectivity index is 1.44. The number of hydrogen-bond donors (Lipinski definition) is 0. The van der Waals surface area contributed by atoms with Crippen LogP contribution < -0.4 is 21.1 Å². The lowest BCUT2D eigenvalue weighted by Crippen LogP contribution is -2.58. The molecular formula is C46H42BNO. The smallest absolute Gasteiger partial charge is 0.256 e. The lowest BCUT2D eigenvalue weighted by atomic mass is 9.34. The molecule has 0 radical (unpaired) electrons. The van der Waals surface area contributed by atoms with Gasteiger partial charge in [-0.15, -0.1) is 0 Å². The normalized spacial score (nSPS) is 13.1. The van der Waals surface area contributed by atoms with Gasteiger partial charge in [0.15, 0.2) is 0 Å². The van der Waals surface area contributed by atoms with E-state index in [-0.39, 0.29) is 12.1 Å². The summed E-state index contributed by atoms with van der Waals surface area (Å²) in [6, 6.07) is 34.8. The molecule has 0 saturated carbocycles. The van der Waals surface area contributed by atoms with Gasteiger partial charge in [-0.1, -0.05) is 86.5 Å². The molecule has 2 nitrogen and oxygen atoms in total. The fraction of sp³-hybridized carbons (Fsp3) is 0.217. The number of aromatic nitrogens is 1. The predicted molar refractivity (Wildman–Crippen MR) is 210 cm³/mol. The highest BCUT2D eigenvalue weighted by Crippen LogP contribution is 2.42. The van der Waals surface area contributed by atoms with Crippen molar-refractivity contribution in [3.8, 4) is 39.4 Å². The van der Waals surface area contributed by atoms with E-state index in [4.69, 9.17) is 4.74 Å². The summed E-state index contributed by atoms with van der Waals surface area (Å²) in [5, 5.41) is 2.60. The summed E-state index contributed by atoms with van der Waals surface area (Å²) in [6.45, 7) is 20.4. The molecule has 49 heavy (non-hydrogen) atoms. The van der Waals surface area contributed by atoms with Crippen LogP contribution in [0, 0.1) is 41.5 Å². The van der Waals surface area contributed by atoms with E-state index in [1.54, 1.807) is 0 Å². The molecule has 0 amide bonds. The summed E-state index contributed by atoms with van der Waals surface area (Å²) in [5.74, 6) is 1.91. The fourth-order valence-electron chi connectivity index (χ4n) is 9.26. The molecule has 0 bridgehead atoms. The van der Waals surface area contributed by atoms with Crippen LogP contribution in [0.3, 0.4) is 0 Å². The molecule has 240 valence electrons. The maximum atomic E-state index is 6.76. The fourth-order valence-corrected chi connectivity index (χ4v) is 9.26. The van der Waals surface area contributed by atoms with Gasteiger partial charge < -0.3 is 9.30 Å². The Morgan fingerprint density at radius 2 is 1.20 bits per heavy atom. The number of fused-ring (bicyclic) bond motifs is 7. The van der Waals surface area contributed by atoms with E-state index in [0.717, 1.165) is 11.5 Å². The SMILES string of the molecule is Cc1cc(C)c(-c2ccc3c(c2)c2cc(-c4c(C)cc(C)cc4C)cc4c2n3-c2cccc3c2B4c2cc(C(C)(C)C)ccc2O3)c(C)c1. The van der Waals surface area contributed by atoms with Crippen molar-refractivity contribution in [2.24, 2.45) is 0 Å². The monoisotopic (exact) mass is 635 g/mol. The highest BCUT2D eigenvalue weighted by Gasteiger charge is 2.41. The van der Waals surface area contributed by atoms with Crippen molar-refractivity contribution >= 4 is 44.9 Å². The van der Waals surface area contributed by atoms with Gasteiger partial charge in [-0.05, 0) is 150 Å². The summed E-state index contributed by atoms with van der Waals surface area (Å²) >= 11 is 0. The van der Waals surface area contributed by atoms with Crippen molar-refractivity contribution in [2.45, 2.75) is 67.7 Å². The summed E-state index contributed by atoms with van der Waals surface area (Å²) in [5.41, 5.74) is 22.1. The summed E-state index contributed by atoms with van der Waals surface area (Å²) in [6.07, 6.45) is 0. The first-order valence-corrected chi connectivity index (χ1v) is 17.6. The van der Waals surface area contributed by atoms with Crippen molar-refractivity contribution in [3.05, 3.63) is 130 Å². The molecule has 0 atom stereocenters. The second kappa shape index (κ2) is 10.2. The van der Waals surface area contributed by atoms with Gasteiger partial charge in [-0.2, -0.15) is 0 Å². The molecule has 3 heteroatoms. The average molecular weight is 636 g/mol. The largest absolute Gasteiger partial charge is 0.458 e. The predicted octanol–water partition coefficient (Wildman–Crippen LogP) is 10.2. The standard InChI is InChI=1S/C46H42BNO/c1-25-17-27(3)42(28(4)18-25)31-13-15-38-34(21-31)35-22-32(43-29(5)19-26(2)20-30(43)6)23-37-45(35)48(38)39-11-10-12-41-44(39)47(37)36-24-33(46(7,8)9)14-16-40(36)49-41/h10-24H,1-9H3. The third kappa shape index (κ3) is 4.34. The Kier molecular flexibility index (Phi) is 6.29. The average Bonchev–Trinajstić information content (AvgIpc) is 3.35. The molecule has 2 aliphatic heterocycles. The van der Waals surface area contributed by atoms with Gasteiger partial charge >= 0.3 is 0 Å². The zero-order valence-electron chi connectivity index (χ0n) is 30.1. The van der Waals surface area contributed by atoms with Gasteiger partial charge in [0.2, 0.25) is 0 Å². The highest BCUT2D eigenvalue weighted by molar-refractivity contribution is 6.99. The van der Waals surface area contributed by atoms with Crippen LogP contribution in [0.4, 0.5) is 0 Å². The summed E-state index contributed by atoms with van der Waals surface area (Å²) in [7, 11) is 0.